The van der Waals surface area contributed by atoms with Crippen molar-refractivity contribution < 1.29 is 80.2 Å². The lowest BCUT2D eigenvalue weighted by Crippen LogP contribution is -2.30. The van der Waals surface area contributed by atoms with E-state index in [0.717, 1.165) is 96.3 Å². The van der Waals surface area contributed by atoms with Crippen molar-refractivity contribution in [1.29, 1.82) is 0 Å². The first-order chi connectivity index (χ1) is 50.7. The van der Waals surface area contributed by atoms with Crippen LogP contribution in [0.3, 0.4) is 0 Å². The average molecular weight is 1510 g/mol. The zero-order chi connectivity index (χ0) is 76.0. The van der Waals surface area contributed by atoms with Crippen LogP contribution in [0.5, 0.6) is 0 Å². The average Bonchev–Trinajstić information content (AvgIpc) is 0.909. The number of esters is 4. The van der Waals surface area contributed by atoms with Crippen LogP contribution < -0.4 is 0 Å². The van der Waals surface area contributed by atoms with Crippen molar-refractivity contribution in [1.82, 2.24) is 0 Å². The standard InChI is InChI=1S/C85H150O17P2/c1-5-9-13-17-21-25-29-33-37-39-43-46-50-54-58-62-66-70-83(88)96-76-80(101-84(89)71-67-63-59-55-51-47-42-36-32-28-24-20-16-12-8-4)77-99-103(91,92)97-73-79(86)74-98-104(93,94)100-78-81(75-95-82(87)69-65-61-57-53-49-45-41-35-31-27-23-19-15-11-7-3)102-85(90)72-68-64-60-56-52-48-44-40-38-34-30-26-22-18-14-10-6-2/h21-22,25-26,33-34,37-38,43-44,46,48,54,56,58,60,79-81,86H,5-20,23-24,27-32,35-36,39-42,45,47,49-53,55,57,59,61-78H2,1-4H3,(H,91,92)(H,93,94)/b25-21-,26-22-,37-33-,38-34-,46-43-,48-44-,58-54-,60-56-/t79-,80+,81+/m0/s1. The fourth-order valence-corrected chi connectivity index (χ4v) is 12.8. The van der Waals surface area contributed by atoms with Gasteiger partial charge >= 0.3 is 39.5 Å². The molecule has 0 rings (SSSR count). The van der Waals surface area contributed by atoms with E-state index in [4.69, 9.17) is 37.0 Å². The highest BCUT2D eigenvalue weighted by atomic mass is 31.2. The molecule has 0 aromatic carbocycles. The Hall–Kier alpha value is -4.02. The second-order valence-corrected chi connectivity index (χ2v) is 30.6. The number of ether oxygens (including phenoxy) is 4. The third-order valence-electron chi connectivity index (χ3n) is 17.6. The van der Waals surface area contributed by atoms with Gasteiger partial charge in [-0.2, -0.15) is 0 Å². The smallest absolute Gasteiger partial charge is 0.462 e. The van der Waals surface area contributed by atoms with Crippen molar-refractivity contribution in [2.75, 3.05) is 39.6 Å². The van der Waals surface area contributed by atoms with Gasteiger partial charge in [-0.05, 0) is 103 Å². The summed E-state index contributed by atoms with van der Waals surface area (Å²) in [5.41, 5.74) is 0. The summed E-state index contributed by atoms with van der Waals surface area (Å²) in [5, 5.41) is 10.6. The summed E-state index contributed by atoms with van der Waals surface area (Å²) in [6.07, 6.45) is 82.5. The van der Waals surface area contributed by atoms with Crippen LogP contribution in [-0.4, -0.2) is 96.7 Å². The van der Waals surface area contributed by atoms with E-state index in [9.17, 15) is 43.2 Å². The van der Waals surface area contributed by atoms with E-state index in [1.165, 1.54) is 173 Å². The van der Waals surface area contributed by atoms with Crippen LogP contribution in [0, 0.1) is 0 Å². The van der Waals surface area contributed by atoms with Crippen molar-refractivity contribution in [3.8, 4) is 0 Å². The van der Waals surface area contributed by atoms with E-state index in [1.807, 2.05) is 24.3 Å². The Labute approximate surface area is 633 Å². The number of allylic oxidation sites excluding steroid dienone is 16. The van der Waals surface area contributed by atoms with E-state index in [-0.39, 0.29) is 25.7 Å². The predicted molar refractivity (Wildman–Crippen MR) is 427 cm³/mol. The van der Waals surface area contributed by atoms with Gasteiger partial charge in [0.1, 0.15) is 19.3 Å². The van der Waals surface area contributed by atoms with Gasteiger partial charge in [0.2, 0.25) is 0 Å². The van der Waals surface area contributed by atoms with E-state index in [1.54, 1.807) is 0 Å². The van der Waals surface area contributed by atoms with Gasteiger partial charge in [-0.15, -0.1) is 0 Å². The summed E-state index contributed by atoms with van der Waals surface area (Å²) in [6, 6.07) is 0. The van der Waals surface area contributed by atoms with E-state index in [0.29, 0.717) is 38.5 Å². The lowest BCUT2D eigenvalue weighted by molar-refractivity contribution is -0.161. The quantitative estimate of drug-likeness (QED) is 0.0169. The minimum absolute atomic E-state index is 0.0205. The van der Waals surface area contributed by atoms with Gasteiger partial charge in [-0.25, -0.2) is 9.13 Å². The molecule has 0 aliphatic rings. The van der Waals surface area contributed by atoms with Crippen LogP contribution in [0.4, 0.5) is 0 Å². The number of phosphoric acid groups is 2. The maximum Gasteiger partial charge on any atom is 0.472 e. The summed E-state index contributed by atoms with van der Waals surface area (Å²) in [6.45, 7) is 4.76. The van der Waals surface area contributed by atoms with E-state index < -0.39 is 97.5 Å². The monoisotopic (exact) mass is 1510 g/mol. The predicted octanol–water partition coefficient (Wildman–Crippen LogP) is 24.3. The Balaban J connectivity index is 5.43. The highest BCUT2D eigenvalue weighted by molar-refractivity contribution is 7.47. The lowest BCUT2D eigenvalue weighted by Gasteiger charge is -2.21. The number of carbonyl (C=O) groups excluding carboxylic acids is 4. The zero-order valence-electron chi connectivity index (χ0n) is 65.9. The maximum absolute atomic E-state index is 13.1. The molecule has 0 aliphatic heterocycles. The summed E-state index contributed by atoms with van der Waals surface area (Å²) < 4.78 is 68.6. The van der Waals surface area contributed by atoms with Crippen molar-refractivity contribution >= 4 is 39.5 Å². The number of phosphoric ester groups is 2. The van der Waals surface area contributed by atoms with Crippen LogP contribution >= 0.6 is 15.6 Å². The molecule has 19 heteroatoms. The van der Waals surface area contributed by atoms with Crippen LogP contribution in [0.2, 0.25) is 0 Å². The number of aliphatic hydroxyl groups excluding tert-OH is 1. The number of aliphatic hydroxyl groups is 1. The Kier molecular flexibility index (Phi) is 74.2. The molecule has 2 unspecified atom stereocenters. The molecule has 0 bridgehead atoms. The van der Waals surface area contributed by atoms with Gasteiger partial charge in [-0.3, -0.25) is 37.3 Å². The third-order valence-corrected chi connectivity index (χ3v) is 19.5. The summed E-state index contributed by atoms with van der Waals surface area (Å²) in [4.78, 5) is 73.1. The molecule has 3 N–H and O–H groups in total. The second-order valence-electron chi connectivity index (χ2n) is 27.7. The molecule has 0 radical (unpaired) electrons. The topological polar surface area (TPSA) is 237 Å². The van der Waals surface area contributed by atoms with E-state index >= 15 is 0 Å². The minimum atomic E-state index is -4.99. The highest BCUT2D eigenvalue weighted by Gasteiger charge is 2.30. The molecule has 0 aromatic heterocycles. The van der Waals surface area contributed by atoms with Crippen molar-refractivity contribution in [2.24, 2.45) is 0 Å². The first kappa shape index (κ1) is 100.0. The van der Waals surface area contributed by atoms with Crippen molar-refractivity contribution in [3.63, 3.8) is 0 Å². The van der Waals surface area contributed by atoms with Crippen LogP contribution in [0.15, 0.2) is 97.2 Å². The Morgan fingerprint density at radius 1 is 0.269 bits per heavy atom. The Bertz CT molecular complexity index is 2350. The Morgan fingerprint density at radius 3 is 0.769 bits per heavy atom. The molecule has 0 heterocycles. The van der Waals surface area contributed by atoms with Gasteiger partial charge in [0.15, 0.2) is 12.2 Å². The van der Waals surface area contributed by atoms with Crippen molar-refractivity contribution in [2.45, 2.75) is 380 Å². The number of hydrogen-bond donors (Lipinski definition) is 3. The molecule has 0 spiro atoms. The zero-order valence-corrected chi connectivity index (χ0v) is 67.7. The molecule has 17 nitrogen and oxygen atoms in total. The fraction of sp³-hybridized carbons (Fsp3) is 0.765. The third kappa shape index (κ3) is 76.2. The lowest BCUT2D eigenvalue weighted by atomic mass is 10.0. The molecule has 0 saturated heterocycles. The molecule has 0 fully saturated rings. The van der Waals surface area contributed by atoms with Gasteiger partial charge < -0.3 is 33.8 Å². The molecule has 0 saturated carbocycles. The first-order valence-corrected chi connectivity index (χ1v) is 44.5. The Morgan fingerprint density at radius 2 is 0.481 bits per heavy atom. The van der Waals surface area contributed by atoms with Crippen molar-refractivity contribution in [3.05, 3.63) is 97.2 Å². The van der Waals surface area contributed by atoms with E-state index in [2.05, 4.69) is 101 Å². The van der Waals surface area contributed by atoms with Crippen LogP contribution in [0.25, 0.3) is 0 Å². The van der Waals surface area contributed by atoms with Crippen LogP contribution in [-0.2, 0) is 65.4 Å². The summed E-state index contributed by atoms with van der Waals surface area (Å²) in [5.74, 6) is -2.28. The number of unbranched alkanes of at least 4 members (excludes halogenated alkanes) is 36. The van der Waals surface area contributed by atoms with Gasteiger partial charge in [-0.1, -0.05) is 330 Å². The second kappa shape index (κ2) is 77.1. The largest absolute Gasteiger partial charge is 0.472 e. The highest BCUT2D eigenvalue weighted by Crippen LogP contribution is 2.45. The molecule has 0 amide bonds. The molecule has 5 atom stereocenters. The normalized spacial score (nSPS) is 14.3. The molecular weight excluding hydrogens is 1350 g/mol. The SMILES string of the molecule is CCCCC/C=C\C/C=C\C/C=C\C/C=C\CCCC(=O)OC[C@H](COP(=O)(O)OC[C@H](O)COP(=O)(O)OC[C@@H](COC(=O)CCCCCCCCCCCCCCCCC)OC(=O)CCC/C=C\C/C=C\C/C=C\C/C=C\CCCCC)OC(=O)CCCCCCCCCCCCCCCCC. The summed E-state index contributed by atoms with van der Waals surface area (Å²) in [7, 11) is -9.98. The van der Waals surface area contributed by atoms with Crippen LogP contribution in [0.1, 0.15) is 362 Å². The molecule has 0 aromatic rings. The minimum Gasteiger partial charge on any atom is -0.462 e. The number of carbonyl (C=O) groups is 4. The summed E-state index contributed by atoms with van der Waals surface area (Å²) >= 11 is 0. The number of hydrogen-bond acceptors (Lipinski definition) is 15. The molecule has 104 heavy (non-hydrogen) atoms. The number of rotatable bonds is 78. The maximum atomic E-state index is 13.1. The molecule has 0 aliphatic carbocycles. The van der Waals surface area contributed by atoms with Gasteiger partial charge in [0, 0.05) is 25.7 Å². The molecular formula is C85H150O17P2. The van der Waals surface area contributed by atoms with Gasteiger partial charge in [0.05, 0.1) is 26.4 Å². The first-order valence-electron chi connectivity index (χ1n) is 41.5. The molecule has 602 valence electrons. The fourth-order valence-electron chi connectivity index (χ4n) is 11.2. The van der Waals surface area contributed by atoms with Gasteiger partial charge in [0.25, 0.3) is 0 Å².